The molecule has 0 amide bonds. The topological polar surface area (TPSA) is 23.8 Å². The lowest BCUT2D eigenvalue weighted by atomic mass is 9.85. The lowest BCUT2D eigenvalue weighted by molar-refractivity contribution is 1.47. The van der Waals surface area contributed by atoms with E-state index in [0.717, 1.165) is 33.4 Å². The van der Waals surface area contributed by atoms with Crippen LogP contribution in [-0.4, -0.2) is 0 Å². The summed E-state index contributed by atoms with van der Waals surface area (Å²) in [4.78, 5) is 0. The van der Waals surface area contributed by atoms with Gasteiger partial charge in [0.1, 0.15) is 0 Å². The standard InChI is InChI=1S/C37H21NS2/c38-22-25-8-1-2-9-28(25)37-26(23-17-19-35-32(20-23)30-11-4-6-15-34(30)39-35)12-7-13-27(37)24-16-18-31-29-10-3-5-14-33(29)40-36(31)21-24/h1-21H. The molecule has 0 aliphatic rings. The van der Waals surface area contributed by atoms with Crippen LogP contribution < -0.4 is 0 Å². The van der Waals surface area contributed by atoms with Gasteiger partial charge in [-0.15, -0.1) is 22.7 Å². The number of fused-ring (bicyclic) bond motifs is 6. The summed E-state index contributed by atoms with van der Waals surface area (Å²) in [5, 5.41) is 15.3. The quantitative estimate of drug-likeness (QED) is 0.217. The van der Waals surface area contributed by atoms with E-state index in [-0.39, 0.29) is 0 Å². The van der Waals surface area contributed by atoms with Gasteiger partial charge in [0.2, 0.25) is 0 Å². The molecule has 2 heterocycles. The molecule has 0 aliphatic heterocycles. The zero-order valence-corrected chi connectivity index (χ0v) is 23.0. The van der Waals surface area contributed by atoms with Crippen LogP contribution in [0.5, 0.6) is 0 Å². The minimum Gasteiger partial charge on any atom is -0.192 e. The van der Waals surface area contributed by atoms with Crippen LogP contribution in [0.2, 0.25) is 0 Å². The van der Waals surface area contributed by atoms with Gasteiger partial charge in [-0.3, -0.25) is 0 Å². The first-order chi connectivity index (χ1) is 19.8. The maximum atomic E-state index is 10.1. The molecular formula is C37H21NS2. The van der Waals surface area contributed by atoms with Crippen molar-refractivity contribution in [1.29, 1.82) is 5.26 Å². The van der Waals surface area contributed by atoms with Crippen molar-refractivity contribution in [2.75, 3.05) is 0 Å². The molecule has 0 bridgehead atoms. The Kier molecular flexibility index (Phi) is 5.31. The first kappa shape index (κ1) is 23.2. The van der Waals surface area contributed by atoms with Gasteiger partial charge in [-0.1, -0.05) is 91.0 Å². The number of hydrogen-bond acceptors (Lipinski definition) is 3. The molecule has 0 aliphatic carbocycles. The fourth-order valence-corrected chi connectivity index (χ4v) is 8.14. The molecule has 2 aromatic heterocycles. The molecule has 1 nitrogen and oxygen atoms in total. The Morgan fingerprint density at radius 3 is 1.75 bits per heavy atom. The molecule has 3 heteroatoms. The molecule has 0 saturated carbocycles. The van der Waals surface area contributed by atoms with E-state index in [1.165, 1.54) is 40.3 Å². The second-order valence-corrected chi connectivity index (χ2v) is 12.2. The maximum absolute atomic E-state index is 10.1. The molecule has 8 rings (SSSR count). The molecule has 40 heavy (non-hydrogen) atoms. The van der Waals surface area contributed by atoms with Crippen LogP contribution in [0.25, 0.3) is 73.7 Å². The maximum Gasteiger partial charge on any atom is 0.0998 e. The molecule has 0 fully saturated rings. The average molecular weight is 544 g/mol. The molecule has 0 spiro atoms. The molecular weight excluding hydrogens is 523 g/mol. The second kappa shape index (κ2) is 9.17. The smallest absolute Gasteiger partial charge is 0.0998 e. The number of nitriles is 1. The molecule has 6 aromatic carbocycles. The number of benzene rings is 6. The third-order valence-corrected chi connectivity index (χ3v) is 10.0. The highest BCUT2D eigenvalue weighted by Crippen LogP contribution is 2.45. The van der Waals surface area contributed by atoms with E-state index >= 15 is 0 Å². The van der Waals surface area contributed by atoms with Crippen molar-refractivity contribution in [3.05, 3.63) is 133 Å². The van der Waals surface area contributed by atoms with E-state index in [0.29, 0.717) is 5.56 Å². The fraction of sp³-hybridized carbons (Fsp3) is 0. The Balaban J connectivity index is 1.41. The lowest BCUT2D eigenvalue weighted by Crippen LogP contribution is -1.93. The Bertz CT molecular complexity index is 2290. The van der Waals surface area contributed by atoms with Gasteiger partial charge in [-0.25, -0.2) is 0 Å². The highest BCUT2D eigenvalue weighted by atomic mass is 32.1. The predicted molar refractivity (Wildman–Crippen MR) is 173 cm³/mol. The van der Waals surface area contributed by atoms with Crippen molar-refractivity contribution in [3.8, 4) is 39.4 Å². The third-order valence-electron chi connectivity index (χ3n) is 7.76. The molecule has 0 atom stereocenters. The van der Waals surface area contributed by atoms with Gasteiger partial charge in [0.25, 0.3) is 0 Å². The zero-order chi connectivity index (χ0) is 26.6. The van der Waals surface area contributed by atoms with E-state index in [4.69, 9.17) is 0 Å². The van der Waals surface area contributed by atoms with E-state index in [2.05, 4.69) is 115 Å². The van der Waals surface area contributed by atoms with Crippen molar-refractivity contribution in [2.45, 2.75) is 0 Å². The Morgan fingerprint density at radius 1 is 0.425 bits per heavy atom. The summed E-state index contributed by atoms with van der Waals surface area (Å²) >= 11 is 3.67. The summed E-state index contributed by atoms with van der Waals surface area (Å²) in [5.41, 5.74) is 7.32. The first-order valence-corrected chi connectivity index (χ1v) is 14.9. The van der Waals surface area contributed by atoms with E-state index < -0.39 is 0 Å². The van der Waals surface area contributed by atoms with Crippen LogP contribution in [0.4, 0.5) is 0 Å². The minimum atomic E-state index is 0.682. The number of nitrogens with zero attached hydrogens (tertiary/aromatic N) is 1. The van der Waals surface area contributed by atoms with Gasteiger partial charge in [0.05, 0.1) is 11.6 Å². The van der Waals surface area contributed by atoms with Crippen molar-refractivity contribution in [2.24, 2.45) is 0 Å². The molecule has 0 saturated heterocycles. The summed E-state index contributed by atoms with van der Waals surface area (Å²) in [6, 6.07) is 47.8. The summed E-state index contributed by atoms with van der Waals surface area (Å²) in [5.74, 6) is 0. The van der Waals surface area contributed by atoms with Crippen LogP contribution in [-0.2, 0) is 0 Å². The Labute approximate surface area is 239 Å². The average Bonchev–Trinajstić information content (AvgIpc) is 3.58. The van der Waals surface area contributed by atoms with Crippen LogP contribution in [0.3, 0.4) is 0 Å². The van der Waals surface area contributed by atoms with Crippen molar-refractivity contribution in [1.82, 2.24) is 0 Å². The minimum absolute atomic E-state index is 0.682. The molecule has 186 valence electrons. The van der Waals surface area contributed by atoms with Gasteiger partial charge in [0.15, 0.2) is 0 Å². The summed E-state index contributed by atoms with van der Waals surface area (Å²) in [7, 11) is 0. The molecule has 0 unspecified atom stereocenters. The van der Waals surface area contributed by atoms with Crippen LogP contribution in [0.15, 0.2) is 127 Å². The monoisotopic (exact) mass is 543 g/mol. The third kappa shape index (κ3) is 3.58. The second-order valence-electron chi connectivity index (χ2n) is 10.0. The normalized spacial score (nSPS) is 11.5. The summed E-state index contributed by atoms with van der Waals surface area (Å²) in [6.07, 6.45) is 0. The first-order valence-electron chi connectivity index (χ1n) is 13.2. The molecule has 0 radical (unpaired) electrons. The van der Waals surface area contributed by atoms with Crippen molar-refractivity contribution >= 4 is 63.0 Å². The Hall–Kier alpha value is -4.75. The molecule has 0 N–H and O–H groups in total. The highest BCUT2D eigenvalue weighted by Gasteiger charge is 2.18. The Morgan fingerprint density at radius 2 is 0.975 bits per heavy atom. The van der Waals surface area contributed by atoms with Gasteiger partial charge in [-0.2, -0.15) is 5.26 Å². The van der Waals surface area contributed by atoms with Gasteiger partial charge < -0.3 is 0 Å². The lowest BCUT2D eigenvalue weighted by Gasteiger charge is -2.17. The fourth-order valence-electron chi connectivity index (χ4n) is 5.91. The number of thiophene rings is 2. The van der Waals surface area contributed by atoms with Crippen molar-refractivity contribution in [3.63, 3.8) is 0 Å². The van der Waals surface area contributed by atoms with Gasteiger partial charge >= 0.3 is 0 Å². The van der Waals surface area contributed by atoms with E-state index in [1.807, 2.05) is 40.9 Å². The number of rotatable bonds is 3. The van der Waals surface area contributed by atoms with Crippen LogP contribution in [0, 0.1) is 11.3 Å². The predicted octanol–water partition coefficient (Wildman–Crippen LogP) is 11.3. The highest BCUT2D eigenvalue weighted by molar-refractivity contribution is 7.26. The largest absolute Gasteiger partial charge is 0.192 e. The number of hydrogen-bond donors (Lipinski definition) is 0. The van der Waals surface area contributed by atoms with Crippen LogP contribution in [0.1, 0.15) is 5.56 Å². The summed E-state index contributed by atoms with van der Waals surface area (Å²) in [6.45, 7) is 0. The van der Waals surface area contributed by atoms with Gasteiger partial charge in [0, 0.05) is 45.9 Å². The van der Waals surface area contributed by atoms with E-state index in [1.54, 1.807) is 0 Å². The zero-order valence-electron chi connectivity index (χ0n) is 21.4. The SMILES string of the molecule is N#Cc1ccccc1-c1c(-c2ccc3c(c2)sc2ccccc23)cccc1-c1ccc2sc3ccccc3c2c1. The van der Waals surface area contributed by atoms with Crippen LogP contribution >= 0.6 is 22.7 Å². The van der Waals surface area contributed by atoms with E-state index in [9.17, 15) is 5.26 Å². The van der Waals surface area contributed by atoms with Crippen molar-refractivity contribution < 1.29 is 0 Å². The molecule has 8 aromatic rings. The summed E-state index contributed by atoms with van der Waals surface area (Å²) < 4.78 is 5.16. The van der Waals surface area contributed by atoms with Gasteiger partial charge in [-0.05, 0) is 64.2 Å².